The van der Waals surface area contributed by atoms with Gasteiger partial charge < -0.3 is 9.72 Å². The van der Waals surface area contributed by atoms with Crippen LogP contribution in [0.25, 0.3) is 11.3 Å². The third-order valence-corrected chi connectivity index (χ3v) is 2.39. The number of methoxy groups -OCH3 is 1. The number of esters is 1. The number of rotatable bonds is 2. The normalized spacial score (nSPS) is 10.1. The molecule has 2 aromatic rings. The summed E-state index contributed by atoms with van der Waals surface area (Å²) < 4.78 is 4.58. The highest BCUT2D eigenvalue weighted by atomic mass is 16.5. The molecule has 0 aliphatic rings. The van der Waals surface area contributed by atoms with E-state index in [1.807, 2.05) is 31.2 Å². The molecule has 0 amide bonds. The summed E-state index contributed by atoms with van der Waals surface area (Å²) in [7, 11) is 1.33. The minimum Gasteiger partial charge on any atom is -0.463 e. The Hall–Kier alpha value is -2.10. The fraction of sp³-hybridized carbons (Fsp3) is 0.167. The van der Waals surface area contributed by atoms with Crippen LogP contribution in [-0.2, 0) is 4.74 Å². The minimum atomic E-state index is -0.458. The van der Waals surface area contributed by atoms with Gasteiger partial charge in [-0.25, -0.2) is 9.78 Å². The van der Waals surface area contributed by atoms with Gasteiger partial charge in [-0.05, 0) is 12.5 Å². The summed E-state index contributed by atoms with van der Waals surface area (Å²) in [5.74, 6) is -0.236. The van der Waals surface area contributed by atoms with Crippen LogP contribution in [0, 0.1) is 6.92 Å². The van der Waals surface area contributed by atoms with Crippen LogP contribution in [0.3, 0.4) is 0 Å². The van der Waals surface area contributed by atoms with Gasteiger partial charge in [-0.1, -0.05) is 24.3 Å². The number of nitrogens with zero attached hydrogens (tertiary/aromatic N) is 1. The molecule has 1 aromatic heterocycles. The van der Waals surface area contributed by atoms with Crippen molar-refractivity contribution in [3.63, 3.8) is 0 Å². The van der Waals surface area contributed by atoms with Gasteiger partial charge in [-0.2, -0.15) is 0 Å². The summed E-state index contributed by atoms with van der Waals surface area (Å²) in [4.78, 5) is 18.1. The molecule has 0 saturated heterocycles. The van der Waals surface area contributed by atoms with Gasteiger partial charge in [0.1, 0.15) is 0 Å². The van der Waals surface area contributed by atoms with Crippen molar-refractivity contribution in [1.29, 1.82) is 0 Å². The maximum atomic E-state index is 11.2. The van der Waals surface area contributed by atoms with Gasteiger partial charge in [0.15, 0.2) is 0 Å². The highest BCUT2D eigenvalue weighted by Gasteiger charge is 2.11. The van der Waals surface area contributed by atoms with E-state index in [1.165, 1.54) is 7.11 Å². The number of hydrogen-bond donors (Lipinski definition) is 1. The van der Waals surface area contributed by atoms with Crippen LogP contribution in [0.4, 0.5) is 0 Å². The number of carbonyl (C=O) groups excluding carboxylic acids is 1. The molecule has 82 valence electrons. The first-order chi connectivity index (χ1) is 7.72. The van der Waals surface area contributed by atoms with Gasteiger partial charge in [-0.3, -0.25) is 0 Å². The molecule has 0 aliphatic carbocycles. The molecule has 0 fully saturated rings. The number of H-pyrrole nitrogens is 1. The Morgan fingerprint density at radius 2 is 2.12 bits per heavy atom. The van der Waals surface area contributed by atoms with Crippen LogP contribution in [0.15, 0.2) is 30.5 Å². The van der Waals surface area contributed by atoms with E-state index in [0.717, 1.165) is 16.8 Å². The van der Waals surface area contributed by atoms with Crippen molar-refractivity contribution >= 4 is 5.97 Å². The van der Waals surface area contributed by atoms with Crippen LogP contribution in [0.2, 0.25) is 0 Å². The Morgan fingerprint density at radius 3 is 2.81 bits per heavy atom. The quantitative estimate of drug-likeness (QED) is 0.783. The van der Waals surface area contributed by atoms with Crippen molar-refractivity contribution in [1.82, 2.24) is 9.97 Å². The monoisotopic (exact) mass is 216 g/mol. The molecule has 16 heavy (non-hydrogen) atoms. The summed E-state index contributed by atoms with van der Waals surface area (Å²) >= 11 is 0. The van der Waals surface area contributed by atoms with Crippen molar-refractivity contribution in [2.45, 2.75) is 6.92 Å². The topological polar surface area (TPSA) is 55.0 Å². The van der Waals surface area contributed by atoms with E-state index in [0.29, 0.717) is 0 Å². The van der Waals surface area contributed by atoms with Gasteiger partial charge in [0.05, 0.1) is 19.0 Å². The van der Waals surface area contributed by atoms with E-state index in [4.69, 9.17) is 0 Å². The summed E-state index contributed by atoms with van der Waals surface area (Å²) in [6.45, 7) is 2.01. The fourth-order valence-corrected chi connectivity index (χ4v) is 1.53. The van der Waals surface area contributed by atoms with E-state index in [1.54, 1.807) is 6.20 Å². The molecule has 1 aromatic carbocycles. The van der Waals surface area contributed by atoms with Crippen LogP contribution < -0.4 is 0 Å². The van der Waals surface area contributed by atoms with Crippen molar-refractivity contribution in [2.75, 3.05) is 7.11 Å². The van der Waals surface area contributed by atoms with E-state index in [9.17, 15) is 4.79 Å². The lowest BCUT2D eigenvalue weighted by Gasteiger charge is -2.01. The zero-order chi connectivity index (χ0) is 11.5. The first-order valence-corrected chi connectivity index (χ1v) is 4.91. The Morgan fingerprint density at radius 1 is 1.38 bits per heavy atom. The Labute approximate surface area is 93.3 Å². The molecule has 1 N–H and O–H groups in total. The van der Waals surface area contributed by atoms with Crippen LogP contribution in [-0.4, -0.2) is 23.0 Å². The Balaban J connectivity index is 2.39. The van der Waals surface area contributed by atoms with Gasteiger partial charge in [0, 0.05) is 5.56 Å². The summed E-state index contributed by atoms with van der Waals surface area (Å²) in [6.07, 6.45) is 1.63. The molecule has 4 nitrogen and oxygen atoms in total. The lowest BCUT2D eigenvalue weighted by atomic mass is 10.1. The highest BCUT2D eigenvalue weighted by molar-refractivity contribution is 5.86. The molecule has 0 spiro atoms. The summed E-state index contributed by atoms with van der Waals surface area (Å²) in [5, 5.41) is 0. The Bertz CT molecular complexity index is 517. The van der Waals surface area contributed by atoms with Crippen molar-refractivity contribution in [3.05, 3.63) is 41.9 Å². The molecule has 0 radical (unpaired) electrons. The predicted octanol–water partition coefficient (Wildman–Crippen LogP) is 2.17. The maximum Gasteiger partial charge on any atom is 0.374 e. The number of imidazole rings is 1. The first kappa shape index (κ1) is 10.4. The second kappa shape index (κ2) is 4.18. The molecule has 4 heteroatoms. The SMILES string of the molecule is COC(=O)c1ncc(-c2ccccc2C)[nH]1. The maximum absolute atomic E-state index is 11.2. The number of aryl methyl sites for hydroxylation is 1. The van der Waals surface area contributed by atoms with E-state index in [2.05, 4.69) is 14.7 Å². The summed E-state index contributed by atoms with van der Waals surface area (Å²) in [5.41, 5.74) is 2.98. The minimum absolute atomic E-state index is 0.223. The van der Waals surface area contributed by atoms with Crippen LogP contribution >= 0.6 is 0 Å². The molecular formula is C12H12N2O2. The number of ether oxygens (including phenoxy) is 1. The van der Waals surface area contributed by atoms with Gasteiger partial charge in [-0.15, -0.1) is 0 Å². The number of nitrogens with one attached hydrogen (secondary N) is 1. The third-order valence-electron chi connectivity index (χ3n) is 2.39. The largest absolute Gasteiger partial charge is 0.463 e. The third kappa shape index (κ3) is 1.82. The fourth-order valence-electron chi connectivity index (χ4n) is 1.53. The Kier molecular flexibility index (Phi) is 2.72. The number of carbonyl (C=O) groups is 1. The lowest BCUT2D eigenvalue weighted by Crippen LogP contribution is -2.03. The van der Waals surface area contributed by atoms with Gasteiger partial charge >= 0.3 is 5.97 Å². The molecular weight excluding hydrogens is 204 g/mol. The second-order valence-corrected chi connectivity index (χ2v) is 3.45. The average molecular weight is 216 g/mol. The molecule has 0 bridgehead atoms. The molecule has 0 saturated carbocycles. The number of benzene rings is 1. The van der Waals surface area contributed by atoms with E-state index >= 15 is 0 Å². The lowest BCUT2D eigenvalue weighted by molar-refractivity contribution is 0.0588. The first-order valence-electron chi connectivity index (χ1n) is 4.91. The predicted molar refractivity (Wildman–Crippen MR) is 60.1 cm³/mol. The molecule has 0 aliphatic heterocycles. The van der Waals surface area contributed by atoms with Crippen molar-refractivity contribution in [3.8, 4) is 11.3 Å². The smallest absolute Gasteiger partial charge is 0.374 e. The number of hydrogen-bond acceptors (Lipinski definition) is 3. The molecule has 2 rings (SSSR count). The van der Waals surface area contributed by atoms with Gasteiger partial charge in [0.2, 0.25) is 5.82 Å². The van der Waals surface area contributed by atoms with Crippen molar-refractivity contribution in [2.24, 2.45) is 0 Å². The average Bonchev–Trinajstić information content (AvgIpc) is 2.78. The molecule has 0 unspecified atom stereocenters. The van der Waals surface area contributed by atoms with E-state index < -0.39 is 5.97 Å². The standard InChI is InChI=1S/C12H12N2O2/c1-8-5-3-4-6-9(8)10-7-13-11(14-10)12(15)16-2/h3-7H,1-2H3,(H,13,14). The second-order valence-electron chi connectivity index (χ2n) is 3.45. The molecule has 1 heterocycles. The number of aromatic nitrogens is 2. The number of aromatic amines is 1. The van der Waals surface area contributed by atoms with Crippen LogP contribution in [0.5, 0.6) is 0 Å². The van der Waals surface area contributed by atoms with Crippen LogP contribution in [0.1, 0.15) is 16.2 Å². The van der Waals surface area contributed by atoms with Gasteiger partial charge in [0.25, 0.3) is 0 Å². The molecule has 0 atom stereocenters. The zero-order valence-corrected chi connectivity index (χ0v) is 9.15. The zero-order valence-electron chi connectivity index (χ0n) is 9.15. The van der Waals surface area contributed by atoms with Crippen molar-refractivity contribution < 1.29 is 9.53 Å². The van der Waals surface area contributed by atoms with E-state index in [-0.39, 0.29) is 5.82 Å². The highest BCUT2D eigenvalue weighted by Crippen LogP contribution is 2.20. The summed E-state index contributed by atoms with van der Waals surface area (Å²) in [6, 6.07) is 7.90.